The molecule has 1 aromatic heterocycles. The molecule has 90 valence electrons. The Balaban J connectivity index is 0.00000128. The van der Waals surface area contributed by atoms with Crippen LogP contribution in [0.15, 0.2) is 16.7 Å². The summed E-state index contributed by atoms with van der Waals surface area (Å²) in [4.78, 5) is 2.42. The van der Waals surface area contributed by atoms with E-state index < -0.39 is 0 Å². The molecule has 0 spiro atoms. The third kappa shape index (κ3) is 2.86. The molecule has 4 heteroatoms. The highest BCUT2D eigenvalue weighted by molar-refractivity contribution is 5.85. The number of piperidine rings is 1. The van der Waals surface area contributed by atoms with Gasteiger partial charge in [0.1, 0.15) is 5.76 Å². The van der Waals surface area contributed by atoms with Crippen LogP contribution in [0.4, 0.5) is 0 Å². The topological polar surface area (TPSA) is 29.3 Å². The van der Waals surface area contributed by atoms with E-state index in [1.165, 1.54) is 24.0 Å². The van der Waals surface area contributed by atoms with Crippen molar-refractivity contribution in [2.75, 3.05) is 13.1 Å². The van der Waals surface area contributed by atoms with Gasteiger partial charge >= 0.3 is 0 Å². The molecule has 2 rings (SSSR count). The molecule has 1 fully saturated rings. The predicted molar refractivity (Wildman–Crippen MR) is 66.9 cm³/mol. The molecule has 16 heavy (non-hydrogen) atoms. The standard InChI is InChI=1S/C12H18N2O.ClH/c1-9-5-4-6-14(7-9)8-12-10(2)13-15-11(12)3;/h1,4-8H2,2-3H3;1H. The minimum Gasteiger partial charge on any atom is -0.361 e. The van der Waals surface area contributed by atoms with Gasteiger partial charge in [0.05, 0.1) is 5.69 Å². The SMILES string of the molecule is C=C1CCCN(Cc2c(C)noc2C)C1.Cl. The van der Waals surface area contributed by atoms with Crippen LogP contribution in [0.3, 0.4) is 0 Å². The monoisotopic (exact) mass is 242 g/mol. The van der Waals surface area contributed by atoms with Gasteiger partial charge in [0.2, 0.25) is 0 Å². The summed E-state index contributed by atoms with van der Waals surface area (Å²) in [6.07, 6.45) is 2.40. The van der Waals surface area contributed by atoms with Crippen LogP contribution in [0.25, 0.3) is 0 Å². The van der Waals surface area contributed by atoms with Crippen LogP contribution in [0.1, 0.15) is 29.9 Å². The largest absolute Gasteiger partial charge is 0.361 e. The van der Waals surface area contributed by atoms with Crippen molar-refractivity contribution >= 4 is 12.4 Å². The Bertz CT molecular complexity index is 354. The Morgan fingerprint density at radius 3 is 2.75 bits per heavy atom. The van der Waals surface area contributed by atoms with Gasteiger partial charge in [0.25, 0.3) is 0 Å². The van der Waals surface area contributed by atoms with Gasteiger partial charge in [0, 0.05) is 18.7 Å². The van der Waals surface area contributed by atoms with Crippen molar-refractivity contribution in [2.24, 2.45) is 0 Å². The summed E-state index contributed by atoms with van der Waals surface area (Å²) < 4.78 is 5.16. The van der Waals surface area contributed by atoms with E-state index in [1.807, 2.05) is 13.8 Å². The van der Waals surface area contributed by atoms with E-state index in [0.29, 0.717) is 0 Å². The van der Waals surface area contributed by atoms with Crippen molar-refractivity contribution in [3.8, 4) is 0 Å². The molecule has 1 aliphatic rings. The van der Waals surface area contributed by atoms with E-state index >= 15 is 0 Å². The third-order valence-electron chi connectivity index (χ3n) is 3.01. The normalized spacial score (nSPS) is 17.2. The van der Waals surface area contributed by atoms with Crippen LogP contribution in [-0.4, -0.2) is 23.1 Å². The fourth-order valence-corrected chi connectivity index (χ4v) is 2.11. The maximum atomic E-state index is 5.16. The number of aryl methyl sites for hydroxylation is 2. The molecule has 2 heterocycles. The van der Waals surface area contributed by atoms with Crippen LogP contribution in [0.2, 0.25) is 0 Å². The zero-order valence-corrected chi connectivity index (χ0v) is 10.8. The molecule has 0 atom stereocenters. The van der Waals surface area contributed by atoms with E-state index in [1.54, 1.807) is 0 Å². The van der Waals surface area contributed by atoms with Gasteiger partial charge in [-0.05, 0) is 33.2 Å². The smallest absolute Gasteiger partial charge is 0.138 e. The Labute approximate surface area is 103 Å². The van der Waals surface area contributed by atoms with Crippen molar-refractivity contribution in [1.82, 2.24) is 10.1 Å². The van der Waals surface area contributed by atoms with E-state index in [0.717, 1.165) is 31.1 Å². The van der Waals surface area contributed by atoms with Gasteiger partial charge in [-0.15, -0.1) is 12.4 Å². The van der Waals surface area contributed by atoms with Crippen molar-refractivity contribution in [3.63, 3.8) is 0 Å². The summed E-state index contributed by atoms with van der Waals surface area (Å²) in [5.74, 6) is 0.948. The molecule has 0 saturated carbocycles. The molecule has 0 aliphatic carbocycles. The first-order valence-corrected chi connectivity index (χ1v) is 5.47. The van der Waals surface area contributed by atoms with Crippen LogP contribution < -0.4 is 0 Å². The van der Waals surface area contributed by atoms with E-state index in [2.05, 4.69) is 16.6 Å². The van der Waals surface area contributed by atoms with Crippen molar-refractivity contribution in [1.29, 1.82) is 0 Å². The maximum absolute atomic E-state index is 5.16. The minimum atomic E-state index is 0. The summed E-state index contributed by atoms with van der Waals surface area (Å²) in [5.41, 5.74) is 3.60. The molecule has 1 saturated heterocycles. The first kappa shape index (κ1) is 13.3. The summed E-state index contributed by atoms with van der Waals surface area (Å²) >= 11 is 0. The van der Waals surface area contributed by atoms with Crippen LogP contribution in [0.5, 0.6) is 0 Å². The number of aromatic nitrogens is 1. The molecule has 0 aromatic carbocycles. The lowest BCUT2D eigenvalue weighted by Gasteiger charge is -2.27. The van der Waals surface area contributed by atoms with Crippen molar-refractivity contribution < 1.29 is 4.52 Å². The molecule has 1 aliphatic heterocycles. The van der Waals surface area contributed by atoms with Gasteiger partial charge in [-0.25, -0.2) is 0 Å². The number of halogens is 1. The first-order chi connectivity index (χ1) is 7.16. The van der Waals surface area contributed by atoms with Gasteiger partial charge < -0.3 is 4.52 Å². The predicted octanol–water partition coefficient (Wildman–Crippen LogP) is 2.87. The second kappa shape index (κ2) is 5.51. The zero-order valence-electron chi connectivity index (χ0n) is 9.95. The molecule has 0 bridgehead atoms. The Morgan fingerprint density at radius 2 is 2.19 bits per heavy atom. The number of hydrogen-bond acceptors (Lipinski definition) is 3. The van der Waals surface area contributed by atoms with Gasteiger partial charge in [0.15, 0.2) is 0 Å². The highest BCUT2D eigenvalue weighted by Crippen LogP contribution is 2.19. The lowest BCUT2D eigenvalue weighted by Crippen LogP contribution is -2.30. The van der Waals surface area contributed by atoms with Gasteiger partial charge in [-0.2, -0.15) is 0 Å². The summed E-state index contributed by atoms with van der Waals surface area (Å²) in [6, 6.07) is 0. The molecule has 0 unspecified atom stereocenters. The molecule has 1 aromatic rings. The van der Waals surface area contributed by atoms with Crippen LogP contribution >= 0.6 is 12.4 Å². The quantitative estimate of drug-likeness (QED) is 0.747. The lowest BCUT2D eigenvalue weighted by molar-refractivity contribution is 0.256. The summed E-state index contributed by atoms with van der Waals surface area (Å²) in [7, 11) is 0. The van der Waals surface area contributed by atoms with Crippen molar-refractivity contribution in [2.45, 2.75) is 33.2 Å². The molecule has 0 radical (unpaired) electrons. The summed E-state index contributed by atoms with van der Waals surface area (Å²) in [5, 5.41) is 3.98. The molecular weight excluding hydrogens is 224 g/mol. The molecule has 3 nitrogen and oxygen atoms in total. The van der Waals surface area contributed by atoms with E-state index in [4.69, 9.17) is 4.52 Å². The second-order valence-corrected chi connectivity index (χ2v) is 4.37. The Hall–Kier alpha value is -0.800. The van der Waals surface area contributed by atoms with Crippen LogP contribution in [-0.2, 0) is 6.54 Å². The Morgan fingerprint density at radius 1 is 1.44 bits per heavy atom. The third-order valence-corrected chi connectivity index (χ3v) is 3.01. The highest BCUT2D eigenvalue weighted by Gasteiger charge is 2.17. The maximum Gasteiger partial charge on any atom is 0.138 e. The number of likely N-dealkylation sites (tertiary alicyclic amines) is 1. The van der Waals surface area contributed by atoms with Gasteiger partial charge in [-0.1, -0.05) is 17.3 Å². The fourth-order valence-electron chi connectivity index (χ4n) is 2.11. The molecule has 0 amide bonds. The highest BCUT2D eigenvalue weighted by atomic mass is 35.5. The number of hydrogen-bond donors (Lipinski definition) is 0. The molecule has 0 N–H and O–H groups in total. The van der Waals surface area contributed by atoms with E-state index in [-0.39, 0.29) is 12.4 Å². The Kier molecular flexibility index (Phi) is 4.56. The minimum absolute atomic E-state index is 0. The average molecular weight is 243 g/mol. The lowest BCUT2D eigenvalue weighted by atomic mass is 10.1. The van der Waals surface area contributed by atoms with Gasteiger partial charge in [-0.3, -0.25) is 4.90 Å². The second-order valence-electron chi connectivity index (χ2n) is 4.37. The zero-order chi connectivity index (χ0) is 10.8. The summed E-state index contributed by atoms with van der Waals surface area (Å²) in [6.45, 7) is 11.2. The van der Waals surface area contributed by atoms with E-state index in [9.17, 15) is 0 Å². The average Bonchev–Trinajstić information content (AvgIpc) is 2.50. The fraction of sp³-hybridized carbons (Fsp3) is 0.583. The first-order valence-electron chi connectivity index (χ1n) is 5.47. The van der Waals surface area contributed by atoms with Crippen LogP contribution in [0, 0.1) is 13.8 Å². The van der Waals surface area contributed by atoms with Crippen molar-refractivity contribution in [3.05, 3.63) is 29.2 Å². The molecular formula is C12H19ClN2O. The number of nitrogens with zero attached hydrogens (tertiary/aromatic N) is 2. The number of rotatable bonds is 2.